The summed E-state index contributed by atoms with van der Waals surface area (Å²) in [6.45, 7) is 2.79. The van der Waals surface area contributed by atoms with Gasteiger partial charge in [0, 0.05) is 12.2 Å². The number of carbonyl (C=O) groups is 1. The molecule has 1 aliphatic rings. The maximum Gasteiger partial charge on any atom is 0.168 e. The van der Waals surface area contributed by atoms with Crippen LogP contribution in [0.3, 0.4) is 0 Å². The van der Waals surface area contributed by atoms with Crippen molar-refractivity contribution in [3.05, 3.63) is 35.9 Å². The van der Waals surface area contributed by atoms with Crippen molar-refractivity contribution in [1.29, 1.82) is 0 Å². The van der Waals surface area contributed by atoms with Gasteiger partial charge in [-0.05, 0) is 12.8 Å². The summed E-state index contributed by atoms with van der Waals surface area (Å²) in [5.41, 5.74) is 0.812. The van der Waals surface area contributed by atoms with E-state index in [-0.39, 0.29) is 17.8 Å². The zero-order valence-electron chi connectivity index (χ0n) is 8.98. The number of ketones is 1. The minimum atomic E-state index is 0.0670. The molecule has 2 nitrogen and oxygen atoms in total. The normalized spacial score (nSPS) is 25.4. The van der Waals surface area contributed by atoms with E-state index in [0.29, 0.717) is 0 Å². The van der Waals surface area contributed by atoms with Crippen molar-refractivity contribution in [2.24, 2.45) is 5.92 Å². The highest BCUT2D eigenvalue weighted by Gasteiger charge is 2.32. The van der Waals surface area contributed by atoms with E-state index in [2.05, 4.69) is 6.92 Å². The summed E-state index contributed by atoms with van der Waals surface area (Å²) in [6, 6.07) is 9.51. The van der Waals surface area contributed by atoms with E-state index >= 15 is 0 Å². The Morgan fingerprint density at radius 2 is 2.13 bits per heavy atom. The van der Waals surface area contributed by atoms with Gasteiger partial charge in [-0.25, -0.2) is 0 Å². The fourth-order valence-corrected chi connectivity index (χ4v) is 2.17. The molecular weight excluding hydrogens is 188 g/mol. The van der Waals surface area contributed by atoms with Crippen molar-refractivity contribution in [3.8, 4) is 0 Å². The van der Waals surface area contributed by atoms with Crippen LogP contribution in [-0.2, 0) is 4.74 Å². The summed E-state index contributed by atoms with van der Waals surface area (Å²) < 4.78 is 5.54. The molecule has 0 radical (unpaired) electrons. The predicted molar refractivity (Wildman–Crippen MR) is 58.9 cm³/mol. The Balaban J connectivity index is 2.14. The third kappa shape index (κ3) is 2.10. The highest BCUT2D eigenvalue weighted by molar-refractivity contribution is 5.98. The second-order valence-electron chi connectivity index (χ2n) is 3.94. The van der Waals surface area contributed by atoms with E-state index < -0.39 is 0 Å². The van der Waals surface area contributed by atoms with E-state index in [1.54, 1.807) is 0 Å². The lowest BCUT2D eigenvalue weighted by atomic mass is 9.91. The maximum atomic E-state index is 12.1. The number of ether oxygens (including phenoxy) is 1. The van der Waals surface area contributed by atoms with E-state index in [4.69, 9.17) is 4.74 Å². The van der Waals surface area contributed by atoms with E-state index in [0.717, 1.165) is 25.0 Å². The summed E-state index contributed by atoms with van der Waals surface area (Å²) in [5, 5.41) is 0. The first-order chi connectivity index (χ1) is 7.33. The smallest absolute Gasteiger partial charge is 0.168 e. The van der Waals surface area contributed by atoms with Gasteiger partial charge in [0.05, 0.1) is 12.0 Å². The molecule has 2 rings (SSSR count). The van der Waals surface area contributed by atoms with Gasteiger partial charge >= 0.3 is 0 Å². The van der Waals surface area contributed by atoms with E-state index in [1.165, 1.54) is 0 Å². The third-order valence-corrected chi connectivity index (χ3v) is 3.01. The lowest BCUT2D eigenvalue weighted by molar-refractivity contribution is 0.0689. The number of Topliss-reactive ketones (excluding diaryl/α,β-unsaturated/α-hetero) is 1. The molecule has 1 aromatic carbocycles. The number of benzene rings is 1. The third-order valence-electron chi connectivity index (χ3n) is 3.01. The zero-order valence-corrected chi connectivity index (χ0v) is 8.98. The molecule has 0 N–H and O–H groups in total. The molecule has 1 saturated heterocycles. The molecule has 2 atom stereocenters. The van der Waals surface area contributed by atoms with Gasteiger partial charge in [-0.15, -0.1) is 0 Å². The molecule has 1 aliphatic heterocycles. The molecule has 0 aromatic heterocycles. The molecule has 15 heavy (non-hydrogen) atoms. The summed E-state index contributed by atoms with van der Waals surface area (Å²) in [5.74, 6) is 0.303. The minimum absolute atomic E-state index is 0.0670. The molecule has 1 aromatic rings. The number of rotatable bonds is 3. The average Bonchev–Trinajstić information content (AvgIpc) is 2.77. The fourth-order valence-electron chi connectivity index (χ4n) is 2.17. The topological polar surface area (TPSA) is 26.3 Å². The van der Waals surface area contributed by atoms with Gasteiger partial charge in [0.1, 0.15) is 0 Å². The second-order valence-corrected chi connectivity index (χ2v) is 3.94. The fraction of sp³-hybridized carbons (Fsp3) is 0.462. The summed E-state index contributed by atoms with van der Waals surface area (Å²) in [7, 11) is 0. The Labute approximate surface area is 90.3 Å². The van der Waals surface area contributed by atoms with E-state index in [9.17, 15) is 4.79 Å². The maximum absolute atomic E-state index is 12.1. The van der Waals surface area contributed by atoms with Crippen molar-refractivity contribution >= 4 is 5.78 Å². The van der Waals surface area contributed by atoms with Crippen molar-refractivity contribution < 1.29 is 9.53 Å². The van der Waals surface area contributed by atoms with Gasteiger partial charge in [0.15, 0.2) is 5.78 Å². The highest BCUT2D eigenvalue weighted by atomic mass is 16.5. The van der Waals surface area contributed by atoms with Crippen LogP contribution in [0.15, 0.2) is 30.3 Å². The molecule has 0 aliphatic carbocycles. The van der Waals surface area contributed by atoms with Gasteiger partial charge in [-0.1, -0.05) is 37.3 Å². The molecule has 80 valence electrons. The van der Waals surface area contributed by atoms with Crippen molar-refractivity contribution in [2.45, 2.75) is 25.9 Å². The van der Waals surface area contributed by atoms with Gasteiger partial charge in [-0.3, -0.25) is 4.79 Å². The van der Waals surface area contributed by atoms with Crippen LogP contribution in [0, 0.1) is 5.92 Å². The zero-order chi connectivity index (χ0) is 10.7. The van der Waals surface area contributed by atoms with Crippen molar-refractivity contribution in [2.75, 3.05) is 6.61 Å². The van der Waals surface area contributed by atoms with Gasteiger partial charge in [0.25, 0.3) is 0 Å². The monoisotopic (exact) mass is 204 g/mol. The van der Waals surface area contributed by atoms with Crippen molar-refractivity contribution in [3.63, 3.8) is 0 Å². The van der Waals surface area contributed by atoms with Gasteiger partial charge in [-0.2, -0.15) is 0 Å². The number of hydrogen-bond acceptors (Lipinski definition) is 2. The first-order valence-electron chi connectivity index (χ1n) is 5.53. The number of hydrogen-bond donors (Lipinski definition) is 0. The Bertz CT molecular complexity index is 332. The van der Waals surface area contributed by atoms with Crippen LogP contribution in [-0.4, -0.2) is 18.5 Å². The Kier molecular flexibility index (Phi) is 3.17. The number of carbonyl (C=O) groups excluding carboxylic acids is 1. The van der Waals surface area contributed by atoms with Gasteiger partial charge < -0.3 is 4.74 Å². The molecule has 2 unspecified atom stereocenters. The molecule has 1 fully saturated rings. The molecule has 0 amide bonds. The van der Waals surface area contributed by atoms with Gasteiger partial charge in [0.2, 0.25) is 0 Å². The van der Waals surface area contributed by atoms with Crippen LogP contribution in [0.25, 0.3) is 0 Å². The SMILES string of the molecule is CCC1OCCC1C(=O)c1ccccc1. The molecule has 1 heterocycles. The Morgan fingerprint density at radius 1 is 1.40 bits per heavy atom. The van der Waals surface area contributed by atoms with Crippen LogP contribution in [0.2, 0.25) is 0 Å². The first kappa shape index (κ1) is 10.4. The minimum Gasteiger partial charge on any atom is -0.377 e. The molecule has 2 heteroatoms. The highest BCUT2D eigenvalue weighted by Crippen LogP contribution is 2.26. The van der Waals surface area contributed by atoms with Crippen LogP contribution in [0.4, 0.5) is 0 Å². The van der Waals surface area contributed by atoms with Crippen LogP contribution >= 0.6 is 0 Å². The largest absolute Gasteiger partial charge is 0.377 e. The molecular formula is C13H16O2. The standard InChI is InChI=1S/C13H16O2/c1-2-12-11(8-9-15-12)13(14)10-6-4-3-5-7-10/h3-7,11-12H,2,8-9H2,1H3. The average molecular weight is 204 g/mol. The quantitative estimate of drug-likeness (QED) is 0.707. The van der Waals surface area contributed by atoms with Crippen LogP contribution < -0.4 is 0 Å². The predicted octanol–water partition coefficient (Wildman–Crippen LogP) is 2.68. The summed E-state index contributed by atoms with van der Waals surface area (Å²) >= 11 is 0. The summed E-state index contributed by atoms with van der Waals surface area (Å²) in [4.78, 5) is 12.1. The van der Waals surface area contributed by atoms with Crippen molar-refractivity contribution in [1.82, 2.24) is 0 Å². The Morgan fingerprint density at radius 3 is 2.80 bits per heavy atom. The van der Waals surface area contributed by atoms with Crippen LogP contribution in [0.1, 0.15) is 30.1 Å². The first-order valence-corrected chi connectivity index (χ1v) is 5.53. The van der Waals surface area contributed by atoms with E-state index in [1.807, 2.05) is 30.3 Å². The lowest BCUT2D eigenvalue weighted by Crippen LogP contribution is -2.23. The molecule has 0 saturated carbocycles. The lowest BCUT2D eigenvalue weighted by Gasteiger charge is -2.15. The summed E-state index contributed by atoms with van der Waals surface area (Å²) in [6.07, 6.45) is 1.91. The second kappa shape index (κ2) is 4.58. The molecule has 0 bridgehead atoms. The Hall–Kier alpha value is -1.15. The van der Waals surface area contributed by atoms with Crippen LogP contribution in [0.5, 0.6) is 0 Å². The molecule has 0 spiro atoms.